The van der Waals surface area contributed by atoms with Crippen molar-refractivity contribution in [1.29, 1.82) is 0 Å². The molecule has 0 saturated heterocycles. The topological polar surface area (TPSA) is 47.3 Å². The second kappa shape index (κ2) is 5.54. The van der Waals surface area contributed by atoms with E-state index in [1.165, 1.54) is 19.8 Å². The average Bonchev–Trinajstić information content (AvgIpc) is 3.01. The highest BCUT2D eigenvalue weighted by Crippen LogP contribution is 2.38. The number of hydrazine groups is 1. The number of fused-ring (bicyclic) bond motifs is 1. The fourth-order valence-electron chi connectivity index (χ4n) is 2.33. The normalized spacial score (nSPS) is 12.8. The van der Waals surface area contributed by atoms with Gasteiger partial charge < -0.3 is 4.74 Å². The number of methoxy groups -OCH3 is 1. The van der Waals surface area contributed by atoms with Crippen LogP contribution in [0.1, 0.15) is 22.0 Å². The van der Waals surface area contributed by atoms with Gasteiger partial charge in [-0.25, -0.2) is 5.43 Å². The third-order valence-corrected chi connectivity index (χ3v) is 5.46. The van der Waals surface area contributed by atoms with E-state index in [9.17, 15) is 0 Å². The van der Waals surface area contributed by atoms with Crippen molar-refractivity contribution in [2.45, 2.75) is 13.0 Å². The molecule has 1 atom stereocenters. The molecule has 5 heteroatoms. The Hall–Kier alpha value is -1.40. The van der Waals surface area contributed by atoms with E-state index >= 15 is 0 Å². The summed E-state index contributed by atoms with van der Waals surface area (Å²) in [5.74, 6) is 6.66. The molecule has 104 valence electrons. The Morgan fingerprint density at radius 2 is 2.05 bits per heavy atom. The molecule has 2 heterocycles. The highest BCUT2D eigenvalue weighted by molar-refractivity contribution is 7.27. The fraction of sp³-hybridized carbons (Fsp3) is 0.200. The average molecular weight is 304 g/mol. The molecule has 3 rings (SSSR count). The lowest BCUT2D eigenvalue weighted by molar-refractivity contribution is 0.404. The first kappa shape index (κ1) is 13.6. The molecule has 0 spiro atoms. The molecule has 0 aliphatic rings. The fourth-order valence-corrected chi connectivity index (χ4v) is 4.53. The minimum Gasteiger partial charge on any atom is -0.496 e. The van der Waals surface area contributed by atoms with Gasteiger partial charge >= 0.3 is 0 Å². The van der Waals surface area contributed by atoms with Crippen LogP contribution in [0.4, 0.5) is 0 Å². The Kier molecular flexibility index (Phi) is 3.76. The van der Waals surface area contributed by atoms with Gasteiger partial charge in [0.1, 0.15) is 5.75 Å². The van der Waals surface area contributed by atoms with E-state index in [2.05, 4.69) is 35.9 Å². The number of ether oxygens (including phenoxy) is 1. The van der Waals surface area contributed by atoms with Crippen molar-refractivity contribution in [2.24, 2.45) is 5.84 Å². The molecule has 0 aliphatic carbocycles. The summed E-state index contributed by atoms with van der Waals surface area (Å²) in [7, 11) is 1.69. The van der Waals surface area contributed by atoms with Gasteiger partial charge in [-0.05, 0) is 30.5 Å². The summed E-state index contributed by atoms with van der Waals surface area (Å²) in [5.41, 5.74) is 5.19. The van der Waals surface area contributed by atoms with Gasteiger partial charge in [-0.2, -0.15) is 0 Å². The molecule has 0 saturated carbocycles. The maximum Gasteiger partial charge on any atom is 0.124 e. The molecule has 0 radical (unpaired) electrons. The first-order valence-electron chi connectivity index (χ1n) is 6.30. The summed E-state index contributed by atoms with van der Waals surface area (Å²) in [6.45, 7) is 2.07. The molecule has 0 fully saturated rings. The van der Waals surface area contributed by atoms with Crippen LogP contribution in [0, 0.1) is 6.92 Å². The van der Waals surface area contributed by atoms with Crippen LogP contribution in [0.2, 0.25) is 0 Å². The Balaban J connectivity index is 2.09. The molecule has 0 bridgehead atoms. The van der Waals surface area contributed by atoms with Crippen LogP contribution in [0.5, 0.6) is 5.75 Å². The van der Waals surface area contributed by atoms with Gasteiger partial charge in [-0.3, -0.25) is 5.84 Å². The predicted molar refractivity (Wildman–Crippen MR) is 86.6 cm³/mol. The maximum atomic E-state index is 5.81. The van der Waals surface area contributed by atoms with Crippen molar-refractivity contribution in [3.8, 4) is 5.75 Å². The number of thiophene rings is 2. The van der Waals surface area contributed by atoms with Gasteiger partial charge in [-0.15, -0.1) is 22.7 Å². The highest BCUT2D eigenvalue weighted by Gasteiger charge is 2.19. The first-order chi connectivity index (χ1) is 9.72. The molecule has 20 heavy (non-hydrogen) atoms. The summed E-state index contributed by atoms with van der Waals surface area (Å²) < 4.78 is 8.08. The molecule has 2 aromatic heterocycles. The second-order valence-corrected chi connectivity index (χ2v) is 6.71. The van der Waals surface area contributed by atoms with E-state index in [4.69, 9.17) is 10.6 Å². The molecule has 0 aliphatic heterocycles. The van der Waals surface area contributed by atoms with Gasteiger partial charge in [0.15, 0.2) is 0 Å². The maximum absolute atomic E-state index is 5.81. The minimum atomic E-state index is -0.0468. The predicted octanol–water partition coefficient (Wildman–Crippen LogP) is 3.83. The van der Waals surface area contributed by atoms with E-state index in [1.54, 1.807) is 29.8 Å². The van der Waals surface area contributed by atoms with Crippen molar-refractivity contribution in [1.82, 2.24) is 5.43 Å². The zero-order chi connectivity index (χ0) is 14.1. The lowest BCUT2D eigenvalue weighted by Crippen LogP contribution is -2.28. The Morgan fingerprint density at radius 1 is 1.20 bits per heavy atom. The summed E-state index contributed by atoms with van der Waals surface area (Å²) in [4.78, 5) is 1.21. The van der Waals surface area contributed by atoms with Crippen molar-refractivity contribution >= 4 is 32.1 Å². The molecule has 3 N–H and O–H groups in total. The van der Waals surface area contributed by atoms with E-state index in [0.29, 0.717) is 0 Å². The monoisotopic (exact) mass is 304 g/mol. The van der Waals surface area contributed by atoms with Crippen molar-refractivity contribution in [2.75, 3.05) is 7.11 Å². The zero-order valence-corrected chi connectivity index (χ0v) is 13.0. The largest absolute Gasteiger partial charge is 0.496 e. The molecule has 1 unspecified atom stereocenters. The SMILES string of the molecule is COc1ccc(C)cc1C(NN)c1cc2sccc2s1. The van der Waals surface area contributed by atoms with Gasteiger partial charge in [0.05, 0.1) is 13.2 Å². The Labute approximate surface area is 126 Å². The highest BCUT2D eigenvalue weighted by atomic mass is 32.1. The number of hydrogen-bond acceptors (Lipinski definition) is 5. The number of rotatable bonds is 4. The van der Waals surface area contributed by atoms with Crippen LogP contribution < -0.4 is 16.0 Å². The van der Waals surface area contributed by atoms with Gasteiger partial charge in [-0.1, -0.05) is 17.7 Å². The lowest BCUT2D eigenvalue weighted by Gasteiger charge is -2.18. The van der Waals surface area contributed by atoms with Crippen LogP contribution in [0.3, 0.4) is 0 Å². The van der Waals surface area contributed by atoms with E-state index in [-0.39, 0.29) is 6.04 Å². The summed E-state index contributed by atoms with van der Waals surface area (Å²) >= 11 is 3.52. The Bertz CT molecular complexity index is 704. The van der Waals surface area contributed by atoms with Crippen LogP contribution in [-0.4, -0.2) is 7.11 Å². The van der Waals surface area contributed by atoms with Crippen molar-refractivity contribution < 1.29 is 4.74 Å². The third-order valence-electron chi connectivity index (χ3n) is 3.31. The summed E-state index contributed by atoms with van der Waals surface area (Å²) in [6.07, 6.45) is 0. The van der Waals surface area contributed by atoms with Crippen molar-refractivity contribution in [3.63, 3.8) is 0 Å². The molecule has 1 aromatic carbocycles. The zero-order valence-electron chi connectivity index (χ0n) is 11.3. The van der Waals surface area contributed by atoms with Gasteiger partial charge in [0, 0.05) is 19.8 Å². The number of nitrogens with two attached hydrogens (primary N) is 1. The van der Waals surface area contributed by atoms with Crippen LogP contribution in [0.15, 0.2) is 35.7 Å². The number of hydrogen-bond donors (Lipinski definition) is 2. The third kappa shape index (κ3) is 2.33. The quantitative estimate of drug-likeness (QED) is 0.569. The summed E-state index contributed by atoms with van der Waals surface area (Å²) in [6, 6.07) is 10.5. The standard InChI is InChI=1S/C15H16N2OS2/c1-9-3-4-11(18-2)10(7-9)15(17-16)14-8-13-12(20-14)5-6-19-13/h3-8,15,17H,16H2,1-2H3. The molecular formula is C15H16N2OS2. The second-order valence-electron chi connectivity index (χ2n) is 4.64. The number of aryl methyl sites for hydroxylation is 1. The summed E-state index contributed by atoms with van der Waals surface area (Å²) in [5, 5.41) is 2.11. The van der Waals surface area contributed by atoms with Gasteiger partial charge in [0.2, 0.25) is 0 Å². The van der Waals surface area contributed by atoms with E-state index in [0.717, 1.165) is 11.3 Å². The Morgan fingerprint density at radius 3 is 2.75 bits per heavy atom. The van der Waals surface area contributed by atoms with Gasteiger partial charge in [0.25, 0.3) is 0 Å². The number of benzene rings is 1. The smallest absolute Gasteiger partial charge is 0.124 e. The van der Waals surface area contributed by atoms with E-state index in [1.807, 2.05) is 12.1 Å². The molecular weight excluding hydrogens is 288 g/mol. The van der Waals surface area contributed by atoms with Crippen LogP contribution >= 0.6 is 22.7 Å². The molecule has 3 aromatic rings. The van der Waals surface area contributed by atoms with Crippen molar-refractivity contribution in [3.05, 3.63) is 51.7 Å². The lowest BCUT2D eigenvalue weighted by atomic mass is 10.0. The molecule has 3 nitrogen and oxygen atoms in total. The van der Waals surface area contributed by atoms with Crippen LogP contribution in [0.25, 0.3) is 9.40 Å². The molecule has 0 amide bonds. The first-order valence-corrected chi connectivity index (χ1v) is 8.00. The number of nitrogens with one attached hydrogen (secondary N) is 1. The van der Waals surface area contributed by atoms with Crippen LogP contribution in [-0.2, 0) is 0 Å². The van der Waals surface area contributed by atoms with E-state index < -0.39 is 0 Å². The minimum absolute atomic E-state index is 0.0468.